The summed E-state index contributed by atoms with van der Waals surface area (Å²) in [4.78, 5) is 55.1. The first-order chi connectivity index (χ1) is 15.7. The molecule has 0 amide bonds. The molecule has 4 aromatic rings. The lowest BCUT2D eigenvalue weighted by atomic mass is 10.2. The normalized spacial score (nSPS) is 11.1. The molecule has 168 valence electrons. The maximum absolute atomic E-state index is 14.6. The SMILES string of the molecule is Cn1c(N)c(C(=O)CSc2nc3ccccc3c(=O)n2-c2ccccc2F)c(=O)n(C)c1=O. The molecule has 0 saturated carbocycles. The van der Waals surface area contributed by atoms with Crippen molar-refractivity contribution < 1.29 is 9.18 Å². The molecule has 0 spiro atoms. The van der Waals surface area contributed by atoms with E-state index in [4.69, 9.17) is 5.73 Å². The lowest BCUT2D eigenvalue weighted by Crippen LogP contribution is -2.41. The van der Waals surface area contributed by atoms with Gasteiger partial charge in [0.05, 0.1) is 22.3 Å². The van der Waals surface area contributed by atoms with Crippen LogP contribution in [0.3, 0.4) is 0 Å². The zero-order valence-electron chi connectivity index (χ0n) is 17.6. The van der Waals surface area contributed by atoms with Crippen LogP contribution in [0.25, 0.3) is 16.6 Å². The third-order valence-corrected chi connectivity index (χ3v) is 6.10. The van der Waals surface area contributed by atoms with Crippen molar-refractivity contribution in [3.05, 3.63) is 91.1 Å². The number of para-hydroxylation sites is 2. The van der Waals surface area contributed by atoms with Crippen LogP contribution in [0.2, 0.25) is 0 Å². The van der Waals surface area contributed by atoms with Crippen molar-refractivity contribution in [2.45, 2.75) is 5.16 Å². The minimum Gasteiger partial charge on any atom is -0.384 e. The lowest BCUT2D eigenvalue weighted by molar-refractivity contribution is 0.102. The van der Waals surface area contributed by atoms with Crippen LogP contribution in [0.5, 0.6) is 0 Å². The molecule has 0 bridgehead atoms. The smallest absolute Gasteiger partial charge is 0.332 e. The van der Waals surface area contributed by atoms with Crippen LogP contribution in [0, 0.1) is 5.82 Å². The molecule has 2 heterocycles. The molecule has 0 aliphatic heterocycles. The van der Waals surface area contributed by atoms with E-state index in [0.29, 0.717) is 5.52 Å². The molecule has 2 N–H and O–H groups in total. The summed E-state index contributed by atoms with van der Waals surface area (Å²) in [5, 5.41) is 0.352. The highest BCUT2D eigenvalue weighted by molar-refractivity contribution is 7.99. The lowest BCUT2D eigenvalue weighted by Gasteiger charge is -2.14. The Kier molecular flexibility index (Phi) is 5.73. The van der Waals surface area contributed by atoms with Crippen LogP contribution in [0.1, 0.15) is 10.4 Å². The first-order valence-corrected chi connectivity index (χ1v) is 10.7. The van der Waals surface area contributed by atoms with Crippen LogP contribution < -0.4 is 22.5 Å². The van der Waals surface area contributed by atoms with E-state index in [1.165, 1.54) is 32.3 Å². The molecule has 2 aromatic carbocycles. The molecule has 33 heavy (non-hydrogen) atoms. The van der Waals surface area contributed by atoms with Crippen LogP contribution in [-0.4, -0.2) is 30.2 Å². The first kappa shape index (κ1) is 22.2. The fourth-order valence-corrected chi connectivity index (χ4v) is 4.26. The average Bonchev–Trinajstić information content (AvgIpc) is 2.81. The number of nitrogens with zero attached hydrogens (tertiary/aromatic N) is 4. The highest BCUT2D eigenvalue weighted by atomic mass is 32.2. The highest BCUT2D eigenvalue weighted by Crippen LogP contribution is 2.23. The Morgan fingerprint density at radius 3 is 2.39 bits per heavy atom. The number of halogens is 1. The highest BCUT2D eigenvalue weighted by Gasteiger charge is 2.22. The number of hydrogen-bond donors (Lipinski definition) is 1. The van der Waals surface area contributed by atoms with Crippen molar-refractivity contribution in [2.24, 2.45) is 14.1 Å². The number of carbonyl (C=O) groups is 1. The van der Waals surface area contributed by atoms with E-state index in [2.05, 4.69) is 4.98 Å². The molecule has 9 nitrogen and oxygen atoms in total. The van der Waals surface area contributed by atoms with Gasteiger partial charge in [-0.05, 0) is 24.3 Å². The van der Waals surface area contributed by atoms with E-state index in [-0.39, 0.29) is 33.4 Å². The van der Waals surface area contributed by atoms with Gasteiger partial charge in [0, 0.05) is 14.1 Å². The molecule has 0 aliphatic carbocycles. The number of ketones is 1. The number of rotatable bonds is 5. The largest absolute Gasteiger partial charge is 0.384 e. The minimum atomic E-state index is -0.820. The van der Waals surface area contributed by atoms with Crippen LogP contribution in [0.4, 0.5) is 10.2 Å². The molecule has 0 radical (unpaired) electrons. The van der Waals surface area contributed by atoms with Gasteiger partial charge in [-0.1, -0.05) is 36.0 Å². The number of benzene rings is 2. The summed E-state index contributed by atoms with van der Waals surface area (Å²) in [6.45, 7) is 0. The van der Waals surface area contributed by atoms with Crippen molar-refractivity contribution in [3.63, 3.8) is 0 Å². The second-order valence-corrected chi connectivity index (χ2v) is 8.12. The van der Waals surface area contributed by atoms with E-state index in [1.807, 2.05) is 0 Å². The number of Topliss-reactive ketones (excluding diaryl/α,β-unsaturated/α-hetero) is 1. The summed E-state index contributed by atoms with van der Waals surface area (Å²) in [6, 6.07) is 12.3. The summed E-state index contributed by atoms with van der Waals surface area (Å²) in [6.07, 6.45) is 0. The van der Waals surface area contributed by atoms with Crippen molar-refractivity contribution in [1.29, 1.82) is 0 Å². The van der Waals surface area contributed by atoms with Gasteiger partial charge in [-0.15, -0.1) is 0 Å². The van der Waals surface area contributed by atoms with E-state index in [0.717, 1.165) is 25.5 Å². The van der Waals surface area contributed by atoms with E-state index in [1.54, 1.807) is 30.3 Å². The molecule has 0 aliphatic rings. The van der Waals surface area contributed by atoms with Gasteiger partial charge in [0.15, 0.2) is 10.9 Å². The number of hydrogen-bond acceptors (Lipinski definition) is 7. The zero-order chi connectivity index (χ0) is 23.9. The predicted octanol–water partition coefficient (Wildman–Crippen LogP) is 1.48. The topological polar surface area (TPSA) is 122 Å². The monoisotopic (exact) mass is 467 g/mol. The number of nitrogen functional groups attached to an aromatic ring is 1. The second-order valence-electron chi connectivity index (χ2n) is 7.18. The Hall–Kier alpha value is -3.99. The third-order valence-electron chi connectivity index (χ3n) is 5.16. The molecule has 0 unspecified atom stereocenters. The van der Waals surface area contributed by atoms with Gasteiger partial charge in [0.25, 0.3) is 11.1 Å². The number of aromatic nitrogens is 4. The zero-order valence-corrected chi connectivity index (χ0v) is 18.4. The fraction of sp³-hybridized carbons (Fsp3) is 0.136. The van der Waals surface area contributed by atoms with Crippen molar-refractivity contribution >= 4 is 34.3 Å². The number of anilines is 1. The molecule has 0 atom stereocenters. The summed E-state index contributed by atoms with van der Waals surface area (Å²) in [5.74, 6) is -1.87. The quantitative estimate of drug-likeness (QED) is 0.268. The summed E-state index contributed by atoms with van der Waals surface area (Å²) >= 11 is 0.860. The molecular weight excluding hydrogens is 449 g/mol. The van der Waals surface area contributed by atoms with Gasteiger partial charge in [-0.3, -0.25) is 28.1 Å². The number of carbonyl (C=O) groups excluding carboxylic acids is 1. The van der Waals surface area contributed by atoms with Gasteiger partial charge in [-0.25, -0.2) is 14.2 Å². The molecular formula is C22H18FN5O4S. The third kappa shape index (κ3) is 3.76. The molecule has 2 aromatic heterocycles. The van der Waals surface area contributed by atoms with Gasteiger partial charge in [0.2, 0.25) is 0 Å². The molecule has 4 rings (SSSR count). The van der Waals surface area contributed by atoms with Crippen molar-refractivity contribution in [2.75, 3.05) is 11.5 Å². The molecule has 0 fully saturated rings. The van der Waals surface area contributed by atoms with E-state index in [9.17, 15) is 23.6 Å². The van der Waals surface area contributed by atoms with E-state index < -0.39 is 28.4 Å². The van der Waals surface area contributed by atoms with Gasteiger partial charge >= 0.3 is 5.69 Å². The Morgan fingerprint density at radius 1 is 1.00 bits per heavy atom. The molecule has 0 saturated heterocycles. The van der Waals surface area contributed by atoms with Crippen LogP contribution in [-0.2, 0) is 14.1 Å². The average molecular weight is 467 g/mol. The molecule has 11 heteroatoms. The summed E-state index contributed by atoms with van der Waals surface area (Å²) < 4.78 is 17.5. The first-order valence-electron chi connectivity index (χ1n) is 9.70. The van der Waals surface area contributed by atoms with Crippen LogP contribution >= 0.6 is 11.8 Å². The van der Waals surface area contributed by atoms with Gasteiger partial charge < -0.3 is 5.73 Å². The number of nitrogens with two attached hydrogens (primary N) is 1. The number of thioether (sulfide) groups is 1. The van der Waals surface area contributed by atoms with E-state index >= 15 is 0 Å². The fourth-order valence-electron chi connectivity index (χ4n) is 3.38. The maximum Gasteiger partial charge on any atom is 0.332 e. The standard InChI is InChI=1S/C22H18FN5O4S/c1-26-18(24)17(20(31)27(2)22(26)32)16(29)11-33-21-25-14-9-5-3-7-12(14)19(30)28(21)15-10-6-4-8-13(15)23/h3-10H,11,24H2,1-2H3. The second kappa shape index (κ2) is 8.51. The maximum atomic E-state index is 14.6. The predicted molar refractivity (Wildman–Crippen MR) is 124 cm³/mol. The van der Waals surface area contributed by atoms with Gasteiger partial charge in [-0.2, -0.15) is 0 Å². The summed E-state index contributed by atoms with van der Waals surface area (Å²) in [5.41, 5.74) is 3.90. The Bertz CT molecular complexity index is 1610. The van der Waals surface area contributed by atoms with Crippen molar-refractivity contribution in [3.8, 4) is 5.69 Å². The Labute approximate surface area is 189 Å². The minimum absolute atomic E-state index is 0.0202. The Morgan fingerprint density at radius 2 is 1.67 bits per heavy atom. The summed E-state index contributed by atoms with van der Waals surface area (Å²) in [7, 11) is 2.59. The van der Waals surface area contributed by atoms with Crippen molar-refractivity contribution in [1.82, 2.24) is 18.7 Å². The van der Waals surface area contributed by atoms with Crippen LogP contribution in [0.15, 0.2) is 68.1 Å². The van der Waals surface area contributed by atoms with Gasteiger partial charge in [0.1, 0.15) is 17.2 Å². The number of fused-ring (bicyclic) bond motifs is 1. The Balaban J connectivity index is 1.82.